The zero-order valence-electron chi connectivity index (χ0n) is 10.3. The number of nitrogens with zero attached hydrogens (tertiary/aromatic N) is 1. The van der Waals surface area contributed by atoms with Crippen molar-refractivity contribution in [3.05, 3.63) is 34.1 Å². The Balaban J connectivity index is 2.90. The second-order valence-electron chi connectivity index (χ2n) is 3.96. The first kappa shape index (κ1) is 15.4. The molecule has 1 aromatic rings. The van der Waals surface area contributed by atoms with E-state index < -0.39 is 5.82 Å². The van der Waals surface area contributed by atoms with Gasteiger partial charge in [-0.1, -0.05) is 29.3 Å². The summed E-state index contributed by atoms with van der Waals surface area (Å²) >= 11 is 8.92. The fraction of sp³-hybridized carbons (Fsp3) is 0.462. The minimum absolute atomic E-state index is 0.0885. The SMILES string of the molecule is CCCCN(CCCl)C(=O)c1cc(Br)ccc1F. The summed E-state index contributed by atoms with van der Waals surface area (Å²) in [7, 11) is 0. The Bertz CT molecular complexity index is 414. The molecule has 0 heterocycles. The third kappa shape index (κ3) is 4.25. The molecule has 18 heavy (non-hydrogen) atoms. The van der Waals surface area contributed by atoms with E-state index in [9.17, 15) is 9.18 Å². The largest absolute Gasteiger partial charge is 0.337 e. The number of rotatable bonds is 6. The molecule has 0 spiro atoms. The molecule has 1 rings (SSSR count). The number of hydrogen-bond acceptors (Lipinski definition) is 1. The van der Waals surface area contributed by atoms with Gasteiger partial charge in [0.05, 0.1) is 5.56 Å². The Hall–Kier alpha value is -0.610. The third-order valence-corrected chi connectivity index (χ3v) is 3.24. The normalized spacial score (nSPS) is 10.4. The number of alkyl halides is 1. The Labute approximate surface area is 120 Å². The van der Waals surface area contributed by atoms with Crippen LogP contribution in [0.4, 0.5) is 4.39 Å². The molecule has 0 aromatic heterocycles. The van der Waals surface area contributed by atoms with Crippen LogP contribution in [0, 0.1) is 5.82 Å². The molecular formula is C13H16BrClFNO. The lowest BCUT2D eigenvalue weighted by Crippen LogP contribution is -2.34. The number of carbonyl (C=O) groups excluding carboxylic acids is 1. The summed E-state index contributed by atoms with van der Waals surface area (Å²) in [5.74, 6) is -0.451. The van der Waals surface area contributed by atoms with Crippen LogP contribution in [0.3, 0.4) is 0 Å². The summed E-state index contributed by atoms with van der Waals surface area (Å²) in [5, 5.41) is 0. The van der Waals surface area contributed by atoms with Gasteiger partial charge >= 0.3 is 0 Å². The first-order valence-corrected chi connectivity index (χ1v) is 7.23. The Morgan fingerprint density at radius 3 is 2.78 bits per heavy atom. The molecular weight excluding hydrogens is 321 g/mol. The van der Waals surface area contributed by atoms with E-state index in [2.05, 4.69) is 15.9 Å². The first-order chi connectivity index (χ1) is 8.60. The van der Waals surface area contributed by atoms with Crippen molar-refractivity contribution in [2.75, 3.05) is 19.0 Å². The smallest absolute Gasteiger partial charge is 0.256 e. The molecule has 0 fully saturated rings. The van der Waals surface area contributed by atoms with Crippen LogP contribution in [-0.2, 0) is 0 Å². The first-order valence-electron chi connectivity index (χ1n) is 5.90. The van der Waals surface area contributed by atoms with Gasteiger partial charge in [0, 0.05) is 23.4 Å². The van der Waals surface area contributed by atoms with Crippen LogP contribution in [0.2, 0.25) is 0 Å². The highest BCUT2D eigenvalue weighted by Gasteiger charge is 2.18. The molecule has 0 saturated heterocycles. The second-order valence-corrected chi connectivity index (χ2v) is 5.25. The van der Waals surface area contributed by atoms with Crippen molar-refractivity contribution >= 4 is 33.4 Å². The van der Waals surface area contributed by atoms with E-state index in [-0.39, 0.29) is 11.5 Å². The van der Waals surface area contributed by atoms with Gasteiger partial charge in [0.1, 0.15) is 5.82 Å². The van der Waals surface area contributed by atoms with Gasteiger partial charge in [-0.2, -0.15) is 0 Å². The maximum Gasteiger partial charge on any atom is 0.256 e. The molecule has 0 N–H and O–H groups in total. The van der Waals surface area contributed by atoms with Gasteiger partial charge in [-0.25, -0.2) is 4.39 Å². The fourth-order valence-electron chi connectivity index (χ4n) is 1.60. The summed E-state index contributed by atoms with van der Waals surface area (Å²) in [4.78, 5) is 13.8. The van der Waals surface area contributed by atoms with Gasteiger partial charge in [0.15, 0.2) is 0 Å². The highest BCUT2D eigenvalue weighted by atomic mass is 79.9. The number of halogens is 3. The minimum Gasteiger partial charge on any atom is -0.337 e. The van der Waals surface area contributed by atoms with E-state index in [1.165, 1.54) is 12.1 Å². The van der Waals surface area contributed by atoms with Crippen molar-refractivity contribution < 1.29 is 9.18 Å². The standard InChI is InChI=1S/C13H16BrClFNO/c1-2-3-7-17(8-6-15)13(18)11-9-10(14)4-5-12(11)16/h4-5,9H,2-3,6-8H2,1H3. The lowest BCUT2D eigenvalue weighted by atomic mass is 10.1. The zero-order valence-corrected chi connectivity index (χ0v) is 12.6. The maximum atomic E-state index is 13.6. The van der Waals surface area contributed by atoms with E-state index in [1.54, 1.807) is 11.0 Å². The van der Waals surface area contributed by atoms with E-state index in [4.69, 9.17) is 11.6 Å². The van der Waals surface area contributed by atoms with Crippen LogP contribution >= 0.6 is 27.5 Å². The number of hydrogen-bond donors (Lipinski definition) is 0. The van der Waals surface area contributed by atoms with Gasteiger partial charge in [0.2, 0.25) is 0 Å². The van der Waals surface area contributed by atoms with Crippen molar-refractivity contribution in [1.29, 1.82) is 0 Å². The maximum absolute atomic E-state index is 13.6. The highest BCUT2D eigenvalue weighted by Crippen LogP contribution is 2.17. The summed E-state index contributed by atoms with van der Waals surface area (Å²) in [5.41, 5.74) is 0.0885. The Kier molecular flexibility index (Phi) is 6.65. The van der Waals surface area contributed by atoms with Crippen molar-refractivity contribution in [3.63, 3.8) is 0 Å². The molecule has 1 aromatic carbocycles. The fourth-order valence-corrected chi connectivity index (χ4v) is 2.16. The molecule has 1 amide bonds. The van der Waals surface area contributed by atoms with Gasteiger partial charge in [-0.3, -0.25) is 4.79 Å². The summed E-state index contributed by atoms with van der Waals surface area (Å²) in [6, 6.07) is 4.37. The predicted molar refractivity (Wildman–Crippen MR) is 75.6 cm³/mol. The molecule has 0 aliphatic carbocycles. The molecule has 0 radical (unpaired) electrons. The van der Waals surface area contributed by atoms with E-state index >= 15 is 0 Å². The van der Waals surface area contributed by atoms with Crippen LogP contribution in [0.25, 0.3) is 0 Å². The molecule has 0 atom stereocenters. The molecule has 100 valence electrons. The summed E-state index contributed by atoms with van der Waals surface area (Å²) in [6.45, 7) is 3.09. The number of carbonyl (C=O) groups is 1. The zero-order chi connectivity index (χ0) is 13.5. The average Bonchev–Trinajstić information content (AvgIpc) is 2.36. The van der Waals surface area contributed by atoms with E-state index in [0.717, 1.165) is 12.8 Å². The third-order valence-electron chi connectivity index (χ3n) is 2.58. The number of unbranched alkanes of at least 4 members (excludes halogenated alkanes) is 1. The average molecular weight is 337 g/mol. The number of benzene rings is 1. The van der Waals surface area contributed by atoms with Gasteiger partial charge < -0.3 is 4.90 Å². The van der Waals surface area contributed by atoms with Crippen LogP contribution < -0.4 is 0 Å². The van der Waals surface area contributed by atoms with Crippen molar-refractivity contribution in [2.24, 2.45) is 0 Å². The number of amides is 1. The monoisotopic (exact) mass is 335 g/mol. The predicted octanol–water partition coefficient (Wildman–Crippen LogP) is 4.07. The summed E-state index contributed by atoms with van der Waals surface area (Å²) in [6.07, 6.45) is 1.87. The Morgan fingerprint density at radius 1 is 1.44 bits per heavy atom. The van der Waals surface area contributed by atoms with Crippen LogP contribution in [-0.4, -0.2) is 29.8 Å². The lowest BCUT2D eigenvalue weighted by Gasteiger charge is -2.21. The van der Waals surface area contributed by atoms with Crippen molar-refractivity contribution in [3.8, 4) is 0 Å². The molecule has 0 bridgehead atoms. The quantitative estimate of drug-likeness (QED) is 0.717. The van der Waals surface area contributed by atoms with Crippen LogP contribution in [0.15, 0.2) is 22.7 Å². The van der Waals surface area contributed by atoms with Crippen LogP contribution in [0.5, 0.6) is 0 Å². The van der Waals surface area contributed by atoms with E-state index in [0.29, 0.717) is 23.4 Å². The summed E-state index contributed by atoms with van der Waals surface area (Å²) < 4.78 is 14.3. The molecule has 5 heteroatoms. The second kappa shape index (κ2) is 7.74. The lowest BCUT2D eigenvalue weighted by molar-refractivity contribution is 0.0758. The molecule has 2 nitrogen and oxygen atoms in total. The van der Waals surface area contributed by atoms with Crippen molar-refractivity contribution in [1.82, 2.24) is 4.90 Å². The molecule has 0 unspecified atom stereocenters. The van der Waals surface area contributed by atoms with Gasteiger partial charge in [-0.05, 0) is 24.6 Å². The topological polar surface area (TPSA) is 20.3 Å². The van der Waals surface area contributed by atoms with Crippen molar-refractivity contribution in [2.45, 2.75) is 19.8 Å². The minimum atomic E-state index is -0.501. The Morgan fingerprint density at radius 2 is 2.17 bits per heavy atom. The van der Waals surface area contributed by atoms with Gasteiger partial charge in [0.25, 0.3) is 5.91 Å². The molecule has 0 saturated carbocycles. The van der Waals surface area contributed by atoms with Crippen LogP contribution in [0.1, 0.15) is 30.1 Å². The molecule has 0 aliphatic heterocycles. The highest BCUT2D eigenvalue weighted by molar-refractivity contribution is 9.10. The van der Waals surface area contributed by atoms with E-state index in [1.807, 2.05) is 6.92 Å². The van der Waals surface area contributed by atoms with Gasteiger partial charge in [-0.15, -0.1) is 11.6 Å². The molecule has 0 aliphatic rings.